The van der Waals surface area contributed by atoms with Crippen LogP contribution in [0.4, 0.5) is 5.69 Å². The number of likely N-dealkylation sites (tertiary alicyclic amines) is 1. The Kier molecular flexibility index (Phi) is 6.37. The molecule has 0 bridgehead atoms. The Hall–Kier alpha value is -3.73. The Bertz CT molecular complexity index is 1330. The Morgan fingerprint density at radius 2 is 1.30 bits per heavy atom. The Morgan fingerprint density at radius 3 is 1.92 bits per heavy atom. The summed E-state index contributed by atoms with van der Waals surface area (Å²) in [6.45, 7) is 3.61. The number of hydrogen-bond acceptors (Lipinski definition) is 4. The number of anilines is 1. The monoisotopic (exact) mass is 488 g/mol. The van der Waals surface area contributed by atoms with Gasteiger partial charge in [0.1, 0.15) is 17.3 Å². The SMILES string of the molecule is C[C@H](c1ccccc1)N1CCC(=O)[C@]2(C1)[C@@H](c1ccccc1)ON(c1ccccc1)[C@@H]2c1ccccc1. The van der Waals surface area contributed by atoms with Crippen molar-refractivity contribution in [3.05, 3.63) is 138 Å². The van der Waals surface area contributed by atoms with Crippen LogP contribution in [-0.2, 0) is 9.63 Å². The molecule has 6 rings (SSSR count). The van der Waals surface area contributed by atoms with E-state index in [0.29, 0.717) is 13.0 Å². The van der Waals surface area contributed by atoms with Gasteiger partial charge in [-0.05, 0) is 35.7 Å². The standard InChI is InChI=1S/C33H32N2O2/c1-25(26-14-6-2-7-15-26)34-23-22-30(36)33(24-34)31(27-16-8-3-9-17-27)35(29-20-12-5-13-21-29)37-32(33)28-18-10-4-11-19-28/h2-21,25,31-32H,22-24H2,1H3/t25-,31-,32-,33+/m1/s1. The van der Waals surface area contributed by atoms with Crippen molar-refractivity contribution in [2.24, 2.45) is 5.41 Å². The number of ketones is 1. The zero-order valence-electron chi connectivity index (χ0n) is 21.1. The number of rotatable bonds is 5. The molecule has 0 radical (unpaired) electrons. The van der Waals surface area contributed by atoms with Crippen LogP contribution in [0.3, 0.4) is 0 Å². The highest BCUT2D eigenvalue weighted by molar-refractivity contribution is 5.89. The lowest BCUT2D eigenvalue weighted by molar-refractivity contribution is -0.140. The van der Waals surface area contributed by atoms with Crippen LogP contribution in [0.5, 0.6) is 0 Å². The summed E-state index contributed by atoms with van der Waals surface area (Å²) in [4.78, 5) is 23.7. The van der Waals surface area contributed by atoms with Crippen molar-refractivity contribution in [2.75, 3.05) is 18.2 Å². The summed E-state index contributed by atoms with van der Waals surface area (Å²) in [5.74, 6) is 0.269. The molecule has 4 heteroatoms. The first-order chi connectivity index (χ1) is 18.2. The number of benzene rings is 4. The van der Waals surface area contributed by atoms with Crippen LogP contribution in [0.2, 0.25) is 0 Å². The fourth-order valence-electron chi connectivity index (χ4n) is 6.18. The maximum atomic E-state index is 14.3. The molecule has 0 saturated carbocycles. The predicted molar refractivity (Wildman–Crippen MR) is 147 cm³/mol. The zero-order chi connectivity index (χ0) is 25.2. The van der Waals surface area contributed by atoms with Crippen LogP contribution in [0.1, 0.15) is 48.2 Å². The number of piperidine rings is 1. The molecule has 2 heterocycles. The third-order valence-electron chi connectivity index (χ3n) is 8.08. The molecule has 186 valence electrons. The van der Waals surface area contributed by atoms with E-state index in [-0.39, 0.29) is 17.9 Å². The molecule has 0 aromatic heterocycles. The second-order valence-corrected chi connectivity index (χ2v) is 10.1. The lowest BCUT2D eigenvalue weighted by atomic mass is 9.65. The highest BCUT2D eigenvalue weighted by Crippen LogP contribution is 2.59. The number of carbonyl (C=O) groups excluding carboxylic acids is 1. The van der Waals surface area contributed by atoms with Crippen LogP contribution in [0.25, 0.3) is 0 Å². The summed E-state index contributed by atoms with van der Waals surface area (Å²) in [7, 11) is 0. The lowest BCUT2D eigenvalue weighted by Gasteiger charge is -2.46. The molecule has 0 unspecified atom stereocenters. The third kappa shape index (κ3) is 4.16. The number of carbonyl (C=O) groups is 1. The average molecular weight is 489 g/mol. The van der Waals surface area contributed by atoms with Gasteiger partial charge in [0.2, 0.25) is 0 Å². The van der Waals surface area contributed by atoms with Gasteiger partial charge < -0.3 is 0 Å². The molecule has 1 spiro atoms. The maximum absolute atomic E-state index is 14.3. The second-order valence-electron chi connectivity index (χ2n) is 10.1. The Balaban J connectivity index is 1.52. The van der Waals surface area contributed by atoms with Gasteiger partial charge in [-0.2, -0.15) is 0 Å². The number of para-hydroxylation sites is 1. The fourth-order valence-corrected chi connectivity index (χ4v) is 6.18. The highest BCUT2D eigenvalue weighted by atomic mass is 16.7. The van der Waals surface area contributed by atoms with Crippen LogP contribution in [0.15, 0.2) is 121 Å². The molecule has 2 fully saturated rings. The highest BCUT2D eigenvalue weighted by Gasteiger charge is 2.63. The van der Waals surface area contributed by atoms with Crippen molar-refractivity contribution in [3.8, 4) is 0 Å². The van der Waals surface area contributed by atoms with Crippen molar-refractivity contribution in [1.29, 1.82) is 0 Å². The normalized spacial score (nSPS) is 24.9. The number of hydroxylamine groups is 1. The predicted octanol–water partition coefficient (Wildman–Crippen LogP) is 6.94. The smallest absolute Gasteiger partial charge is 0.147 e. The van der Waals surface area contributed by atoms with Crippen LogP contribution >= 0.6 is 0 Å². The molecule has 4 nitrogen and oxygen atoms in total. The molecule has 0 amide bonds. The summed E-state index contributed by atoms with van der Waals surface area (Å²) in [5.41, 5.74) is 3.56. The molecule has 0 aliphatic carbocycles. The molecule has 2 saturated heterocycles. The van der Waals surface area contributed by atoms with Crippen LogP contribution < -0.4 is 5.06 Å². The number of Topliss-reactive ketones (excluding diaryl/α,β-unsaturated/α-hetero) is 1. The first-order valence-electron chi connectivity index (χ1n) is 13.1. The summed E-state index contributed by atoms with van der Waals surface area (Å²) in [6.07, 6.45) is 0.0907. The van der Waals surface area contributed by atoms with Gasteiger partial charge in [0.15, 0.2) is 0 Å². The van der Waals surface area contributed by atoms with E-state index in [2.05, 4.69) is 90.7 Å². The first-order valence-corrected chi connectivity index (χ1v) is 13.1. The van der Waals surface area contributed by atoms with Gasteiger partial charge in [0.25, 0.3) is 0 Å². The van der Waals surface area contributed by atoms with Gasteiger partial charge in [-0.25, -0.2) is 5.06 Å². The molecular formula is C33H32N2O2. The molecule has 2 aliphatic heterocycles. The topological polar surface area (TPSA) is 32.8 Å². The molecule has 4 atom stereocenters. The summed E-state index contributed by atoms with van der Waals surface area (Å²) >= 11 is 0. The van der Waals surface area contributed by atoms with Crippen molar-refractivity contribution >= 4 is 11.5 Å². The molecular weight excluding hydrogens is 456 g/mol. The lowest BCUT2D eigenvalue weighted by Crippen LogP contribution is -2.54. The molecule has 37 heavy (non-hydrogen) atoms. The van der Waals surface area contributed by atoms with Crippen LogP contribution in [0, 0.1) is 5.41 Å². The number of hydrogen-bond donors (Lipinski definition) is 0. The van der Waals surface area contributed by atoms with Gasteiger partial charge in [-0.3, -0.25) is 14.5 Å². The minimum atomic E-state index is -0.778. The summed E-state index contributed by atoms with van der Waals surface area (Å²) < 4.78 is 0. The number of nitrogens with zero attached hydrogens (tertiary/aromatic N) is 2. The van der Waals surface area contributed by atoms with E-state index >= 15 is 0 Å². The van der Waals surface area contributed by atoms with Crippen molar-refractivity contribution in [1.82, 2.24) is 4.90 Å². The largest absolute Gasteiger partial charge is 0.299 e. The second kappa shape index (κ2) is 9.97. The van der Waals surface area contributed by atoms with E-state index in [1.807, 2.05) is 47.5 Å². The van der Waals surface area contributed by atoms with E-state index in [9.17, 15) is 4.79 Å². The van der Waals surface area contributed by atoms with E-state index in [4.69, 9.17) is 4.84 Å². The third-order valence-corrected chi connectivity index (χ3v) is 8.08. The summed E-state index contributed by atoms with van der Waals surface area (Å²) in [6, 6.07) is 41.4. The van der Waals surface area contributed by atoms with Gasteiger partial charge in [0, 0.05) is 25.6 Å². The fraction of sp³-hybridized carbons (Fsp3) is 0.242. The Morgan fingerprint density at radius 1 is 0.757 bits per heavy atom. The Labute approximate surface area is 219 Å². The molecule has 4 aromatic rings. The van der Waals surface area contributed by atoms with Gasteiger partial charge in [-0.15, -0.1) is 0 Å². The van der Waals surface area contributed by atoms with Gasteiger partial charge in [-0.1, -0.05) is 109 Å². The van der Waals surface area contributed by atoms with Crippen molar-refractivity contribution in [3.63, 3.8) is 0 Å². The molecule has 2 aliphatic rings. The van der Waals surface area contributed by atoms with E-state index in [1.165, 1.54) is 5.56 Å². The quantitative estimate of drug-likeness (QED) is 0.305. The van der Waals surface area contributed by atoms with E-state index in [1.54, 1.807) is 0 Å². The van der Waals surface area contributed by atoms with Crippen LogP contribution in [-0.4, -0.2) is 23.8 Å². The van der Waals surface area contributed by atoms with Gasteiger partial charge in [0.05, 0.1) is 11.7 Å². The summed E-state index contributed by atoms with van der Waals surface area (Å²) in [5, 5.41) is 2.00. The molecule has 0 N–H and O–H groups in total. The van der Waals surface area contributed by atoms with Crippen molar-refractivity contribution in [2.45, 2.75) is 31.5 Å². The van der Waals surface area contributed by atoms with E-state index < -0.39 is 11.5 Å². The first kappa shape index (κ1) is 23.7. The minimum Gasteiger partial charge on any atom is -0.299 e. The average Bonchev–Trinajstić information content (AvgIpc) is 3.31. The molecule has 4 aromatic carbocycles. The van der Waals surface area contributed by atoms with Gasteiger partial charge >= 0.3 is 0 Å². The minimum absolute atomic E-state index is 0.185. The van der Waals surface area contributed by atoms with E-state index in [0.717, 1.165) is 23.4 Å². The van der Waals surface area contributed by atoms with Crippen molar-refractivity contribution < 1.29 is 9.63 Å². The zero-order valence-corrected chi connectivity index (χ0v) is 21.1. The maximum Gasteiger partial charge on any atom is 0.147 e.